The maximum atomic E-state index is 1.61. The maximum absolute atomic E-state index is 1.61. The lowest BCUT2D eigenvalue weighted by Gasteiger charge is -2.18. The molecule has 0 unspecified atom stereocenters. The molecule has 46 valence electrons. The molecule has 2 aliphatic carbocycles. The molecule has 0 aromatic heterocycles. The molecular weight excluding hydrogens is 112 g/mol. The van der Waals surface area contributed by atoms with Gasteiger partial charge in [0.25, 0.3) is 0 Å². The van der Waals surface area contributed by atoms with Crippen LogP contribution in [0.3, 0.4) is 0 Å². The van der Waals surface area contributed by atoms with E-state index < -0.39 is 0 Å². The van der Waals surface area contributed by atoms with E-state index in [1.807, 2.05) is 0 Å². The van der Waals surface area contributed by atoms with Gasteiger partial charge in [-0.3, -0.25) is 0 Å². The Morgan fingerprint density at radius 2 is 1.88 bits per heavy atom. The molecule has 2 saturated carbocycles. The van der Waals surface area contributed by atoms with Crippen molar-refractivity contribution in [3.63, 3.8) is 0 Å². The third-order valence-electron chi connectivity index (χ3n) is 3.09. The Morgan fingerprint density at radius 3 is 2.00 bits per heavy atom. The van der Waals surface area contributed by atoms with Gasteiger partial charge in [-0.05, 0) is 17.4 Å². The number of fused-ring (bicyclic) bond motifs is 2. The zero-order valence-electron chi connectivity index (χ0n) is 5.61. The fraction of sp³-hybridized carbons (Fsp3) is 1.00. The molecule has 0 spiro atoms. The van der Waals surface area contributed by atoms with Crippen LogP contribution in [0, 0.1) is 5.92 Å². The fourth-order valence-corrected chi connectivity index (χ4v) is 3.63. The highest BCUT2D eigenvalue weighted by atomic mass is 28.1. The van der Waals surface area contributed by atoms with Crippen LogP contribution in [-0.2, 0) is 0 Å². The van der Waals surface area contributed by atoms with Crippen molar-refractivity contribution in [2.45, 2.75) is 37.1 Å². The second-order valence-electron chi connectivity index (χ2n) is 3.96. The summed E-state index contributed by atoms with van der Waals surface area (Å²) in [7, 11) is 1.47. The van der Waals surface area contributed by atoms with E-state index in [1.54, 1.807) is 32.1 Å². The molecule has 0 N–H and O–H groups in total. The van der Waals surface area contributed by atoms with Gasteiger partial charge in [-0.15, -0.1) is 0 Å². The van der Waals surface area contributed by atoms with E-state index in [9.17, 15) is 0 Å². The smallest absolute Gasteiger partial charge is 0.0107 e. The number of hydrogen-bond acceptors (Lipinski definition) is 0. The largest absolute Gasteiger partial charge is 0.0506 e. The summed E-state index contributed by atoms with van der Waals surface area (Å²) in [5.74, 6) is 1.17. The first-order valence-corrected chi connectivity index (χ1v) is 4.79. The topological polar surface area (TPSA) is 0 Å². The van der Waals surface area contributed by atoms with E-state index in [2.05, 4.69) is 0 Å². The van der Waals surface area contributed by atoms with E-state index >= 15 is 0 Å². The van der Waals surface area contributed by atoms with Crippen molar-refractivity contribution >= 4 is 10.2 Å². The van der Waals surface area contributed by atoms with Crippen molar-refractivity contribution in [3.05, 3.63) is 0 Å². The molecule has 0 radical (unpaired) electrons. The molecule has 0 saturated heterocycles. The summed E-state index contributed by atoms with van der Waals surface area (Å²) >= 11 is 0. The van der Waals surface area contributed by atoms with Gasteiger partial charge in [-0.1, -0.05) is 25.7 Å². The Hall–Kier alpha value is 0.217. The van der Waals surface area contributed by atoms with Crippen LogP contribution in [0.5, 0.6) is 0 Å². The zero-order valence-corrected chi connectivity index (χ0v) is 7.61. The highest BCUT2D eigenvalue weighted by molar-refractivity contribution is 6.15. The zero-order chi connectivity index (χ0) is 5.61. The standard InChI is InChI=1S/C7H14Si/c8-7-3-1-6(5-7)2-4-7/h6H,1-5H2,8H3. The first-order valence-electron chi connectivity index (χ1n) is 3.79. The number of hydrogen-bond donors (Lipinski definition) is 0. The molecule has 2 fully saturated rings. The van der Waals surface area contributed by atoms with Crippen LogP contribution in [0.1, 0.15) is 32.1 Å². The van der Waals surface area contributed by atoms with Gasteiger partial charge in [0, 0.05) is 10.2 Å². The van der Waals surface area contributed by atoms with Crippen molar-refractivity contribution in [3.8, 4) is 0 Å². The summed E-state index contributed by atoms with van der Waals surface area (Å²) in [5.41, 5.74) is 0. The predicted octanol–water partition coefficient (Wildman–Crippen LogP) is 1.10. The minimum Gasteiger partial charge on any atom is -0.0506 e. The lowest BCUT2D eigenvalue weighted by molar-refractivity contribution is 0.491. The quantitative estimate of drug-likeness (QED) is 0.426. The lowest BCUT2D eigenvalue weighted by Crippen LogP contribution is -2.03. The summed E-state index contributed by atoms with van der Waals surface area (Å²) in [5, 5.41) is 0.949. The molecule has 0 aliphatic heterocycles. The summed E-state index contributed by atoms with van der Waals surface area (Å²) in [6.45, 7) is 0. The Morgan fingerprint density at radius 1 is 1.25 bits per heavy atom. The van der Waals surface area contributed by atoms with Crippen molar-refractivity contribution in [1.29, 1.82) is 0 Å². The van der Waals surface area contributed by atoms with Crippen molar-refractivity contribution in [2.24, 2.45) is 5.92 Å². The molecule has 0 aromatic carbocycles. The van der Waals surface area contributed by atoms with E-state index in [4.69, 9.17) is 0 Å². The second kappa shape index (κ2) is 1.38. The molecule has 0 amide bonds. The SMILES string of the molecule is [SiH3]C12CCC(CC1)C2. The first-order chi connectivity index (χ1) is 3.79. The van der Waals surface area contributed by atoms with Gasteiger partial charge < -0.3 is 0 Å². The van der Waals surface area contributed by atoms with Crippen molar-refractivity contribution < 1.29 is 0 Å². The molecule has 2 aliphatic rings. The van der Waals surface area contributed by atoms with Crippen LogP contribution < -0.4 is 0 Å². The van der Waals surface area contributed by atoms with Crippen LogP contribution >= 0.6 is 0 Å². The molecule has 0 heterocycles. The maximum Gasteiger partial charge on any atom is 0.0107 e. The van der Waals surface area contributed by atoms with Crippen LogP contribution in [0.4, 0.5) is 0 Å². The average molecular weight is 126 g/mol. The van der Waals surface area contributed by atoms with E-state index in [1.165, 1.54) is 16.2 Å². The predicted molar refractivity (Wildman–Crippen MR) is 39.2 cm³/mol. The van der Waals surface area contributed by atoms with Gasteiger partial charge in [-0.2, -0.15) is 0 Å². The Balaban J connectivity index is 2.19. The van der Waals surface area contributed by atoms with Crippen LogP contribution in [0.15, 0.2) is 0 Å². The monoisotopic (exact) mass is 126 g/mol. The third kappa shape index (κ3) is 0.571. The Labute approximate surface area is 54.1 Å². The van der Waals surface area contributed by atoms with Gasteiger partial charge in [0.05, 0.1) is 0 Å². The molecule has 1 heteroatoms. The third-order valence-corrected chi connectivity index (χ3v) is 4.50. The van der Waals surface area contributed by atoms with Crippen LogP contribution in [0.2, 0.25) is 5.04 Å². The van der Waals surface area contributed by atoms with Crippen LogP contribution in [0.25, 0.3) is 0 Å². The average Bonchev–Trinajstić information content (AvgIpc) is 2.21. The molecule has 8 heavy (non-hydrogen) atoms. The summed E-state index contributed by atoms with van der Waals surface area (Å²) in [4.78, 5) is 0. The van der Waals surface area contributed by atoms with E-state index in [0.29, 0.717) is 0 Å². The second-order valence-corrected chi connectivity index (χ2v) is 6.08. The minimum atomic E-state index is 0.949. The summed E-state index contributed by atoms with van der Waals surface area (Å²) < 4.78 is 0. The van der Waals surface area contributed by atoms with Crippen molar-refractivity contribution in [1.82, 2.24) is 0 Å². The highest BCUT2D eigenvalue weighted by Gasteiger charge is 2.40. The molecule has 0 nitrogen and oxygen atoms in total. The van der Waals surface area contributed by atoms with Crippen LogP contribution in [-0.4, -0.2) is 10.2 Å². The minimum absolute atomic E-state index is 0.949. The van der Waals surface area contributed by atoms with E-state index in [-0.39, 0.29) is 0 Å². The van der Waals surface area contributed by atoms with Gasteiger partial charge in [0.1, 0.15) is 0 Å². The normalized spacial score (nSPS) is 53.2. The van der Waals surface area contributed by atoms with E-state index in [0.717, 1.165) is 5.04 Å². The molecular formula is C7H14Si. The lowest BCUT2D eigenvalue weighted by atomic mass is 10.0. The molecule has 2 rings (SSSR count). The highest BCUT2D eigenvalue weighted by Crippen LogP contribution is 2.57. The van der Waals surface area contributed by atoms with Gasteiger partial charge in [-0.25, -0.2) is 0 Å². The molecule has 0 atom stereocenters. The Kier molecular flexibility index (Phi) is 0.869. The molecule has 0 aromatic rings. The summed E-state index contributed by atoms with van der Waals surface area (Å²) in [6, 6.07) is 0. The molecule has 2 bridgehead atoms. The van der Waals surface area contributed by atoms with Gasteiger partial charge >= 0.3 is 0 Å². The fourth-order valence-electron chi connectivity index (χ4n) is 2.48. The summed E-state index contributed by atoms with van der Waals surface area (Å²) in [6.07, 6.45) is 7.93. The van der Waals surface area contributed by atoms with Gasteiger partial charge in [0.2, 0.25) is 0 Å². The van der Waals surface area contributed by atoms with Gasteiger partial charge in [0.15, 0.2) is 0 Å². The van der Waals surface area contributed by atoms with Crippen molar-refractivity contribution in [2.75, 3.05) is 0 Å². The Bertz CT molecular complexity index is 101. The first kappa shape index (κ1) is 5.04. The number of rotatable bonds is 0.